The highest BCUT2D eigenvalue weighted by molar-refractivity contribution is 7.80. The Morgan fingerprint density at radius 1 is 0.697 bits per heavy atom. The molecule has 4 nitrogen and oxygen atoms in total. The lowest BCUT2D eigenvalue weighted by Gasteiger charge is -2.21. The molecule has 4 aromatic carbocycles. The maximum absolute atomic E-state index is 13.9. The van der Waals surface area contributed by atoms with Gasteiger partial charge in [-0.15, -0.1) is 0 Å². The summed E-state index contributed by atoms with van der Waals surface area (Å²) in [6.45, 7) is 0. The highest BCUT2D eigenvalue weighted by atomic mass is 32.1. The molecule has 0 saturated heterocycles. The van der Waals surface area contributed by atoms with E-state index in [1.54, 1.807) is 12.1 Å². The number of thiol groups is 1. The number of carboxylic acid groups (broad SMARTS) is 1. The first-order valence-electron chi connectivity index (χ1n) is 10.6. The average molecular weight is 454 g/mol. The van der Waals surface area contributed by atoms with Crippen LogP contribution in [0.3, 0.4) is 0 Å². The lowest BCUT2D eigenvalue weighted by atomic mass is 9.91. The highest BCUT2D eigenvalue weighted by Crippen LogP contribution is 2.35. The fraction of sp³-hybridized carbons (Fsp3) is 0.0714. The molecule has 164 valence electrons. The average Bonchev–Trinajstić information content (AvgIpc) is 2.87. The predicted octanol–water partition coefficient (Wildman–Crippen LogP) is 6.05. The second kappa shape index (κ2) is 10.2. The minimum Gasteiger partial charge on any atom is -0.480 e. The van der Waals surface area contributed by atoms with Crippen molar-refractivity contribution in [3.05, 3.63) is 114 Å². The van der Waals surface area contributed by atoms with Crippen LogP contribution in [0.25, 0.3) is 22.3 Å². The number of benzene rings is 4. The Balaban J connectivity index is 1.88. The zero-order chi connectivity index (χ0) is 23.2. The standard InChI is InChI=1S/C28H23NO3S/c30-27(23-15-8-7-14-21(23)19-10-3-1-4-11-19)24-17-9-16-22(20-12-5-2-6-13-20)26(24)29-25(18-33)28(31)32/h1-17,25,29,33H,18H2,(H,31,32). The number of nitrogens with one attached hydrogen (secondary N) is 1. The summed E-state index contributed by atoms with van der Waals surface area (Å²) in [4.78, 5) is 25.7. The van der Waals surface area contributed by atoms with Crippen molar-refractivity contribution in [3.8, 4) is 22.3 Å². The van der Waals surface area contributed by atoms with Crippen LogP contribution >= 0.6 is 12.6 Å². The lowest BCUT2D eigenvalue weighted by Crippen LogP contribution is -2.32. The van der Waals surface area contributed by atoms with Crippen molar-refractivity contribution in [1.82, 2.24) is 0 Å². The van der Waals surface area contributed by atoms with Gasteiger partial charge in [0.2, 0.25) is 0 Å². The normalized spacial score (nSPS) is 11.5. The molecule has 4 rings (SSSR count). The fourth-order valence-corrected chi connectivity index (χ4v) is 4.06. The number of hydrogen-bond donors (Lipinski definition) is 3. The molecule has 0 fully saturated rings. The number of carboxylic acids is 1. The molecule has 0 amide bonds. The summed E-state index contributed by atoms with van der Waals surface area (Å²) in [5, 5.41) is 12.7. The molecule has 1 atom stereocenters. The molecule has 0 bridgehead atoms. The summed E-state index contributed by atoms with van der Waals surface area (Å²) in [6, 6.07) is 31.3. The smallest absolute Gasteiger partial charge is 0.326 e. The van der Waals surface area contributed by atoms with E-state index in [0.717, 1.165) is 22.3 Å². The number of anilines is 1. The molecule has 0 aliphatic heterocycles. The van der Waals surface area contributed by atoms with Gasteiger partial charge in [-0.05, 0) is 22.8 Å². The Labute approximate surface area is 198 Å². The van der Waals surface area contributed by atoms with Crippen LogP contribution in [-0.2, 0) is 4.79 Å². The minimum atomic E-state index is -1.03. The molecule has 4 aromatic rings. The summed E-state index contributed by atoms with van der Waals surface area (Å²) in [5.41, 5.74) is 4.85. The summed E-state index contributed by atoms with van der Waals surface area (Å²) in [5.74, 6) is -1.14. The molecule has 0 spiro atoms. The molecule has 0 aromatic heterocycles. The van der Waals surface area contributed by atoms with Crippen LogP contribution in [-0.4, -0.2) is 28.7 Å². The third kappa shape index (κ3) is 4.83. The van der Waals surface area contributed by atoms with Crippen LogP contribution in [0.5, 0.6) is 0 Å². The Kier molecular flexibility index (Phi) is 6.91. The molecular weight excluding hydrogens is 430 g/mol. The first-order chi connectivity index (χ1) is 16.1. The maximum atomic E-state index is 13.9. The lowest BCUT2D eigenvalue weighted by molar-refractivity contribution is -0.137. The van der Waals surface area contributed by atoms with Crippen LogP contribution in [0.1, 0.15) is 15.9 Å². The quantitative estimate of drug-likeness (QED) is 0.225. The van der Waals surface area contributed by atoms with Crippen molar-refractivity contribution < 1.29 is 14.7 Å². The van der Waals surface area contributed by atoms with Gasteiger partial charge in [0.1, 0.15) is 6.04 Å². The van der Waals surface area contributed by atoms with Crippen molar-refractivity contribution in [1.29, 1.82) is 0 Å². The van der Waals surface area contributed by atoms with Gasteiger partial charge in [0.05, 0.1) is 5.69 Å². The van der Waals surface area contributed by atoms with Gasteiger partial charge in [-0.3, -0.25) is 4.79 Å². The number of carbonyl (C=O) groups is 2. The molecule has 2 N–H and O–H groups in total. The summed E-state index contributed by atoms with van der Waals surface area (Å²) in [7, 11) is 0. The fourth-order valence-electron chi connectivity index (χ4n) is 3.81. The minimum absolute atomic E-state index is 0.0761. The Bertz CT molecular complexity index is 1270. The van der Waals surface area contributed by atoms with Gasteiger partial charge in [-0.25, -0.2) is 4.79 Å². The zero-order valence-corrected chi connectivity index (χ0v) is 18.7. The summed E-state index contributed by atoms with van der Waals surface area (Å²) >= 11 is 4.20. The third-order valence-corrected chi connectivity index (χ3v) is 5.81. The van der Waals surface area contributed by atoms with Crippen LogP contribution in [0, 0.1) is 0 Å². The summed E-state index contributed by atoms with van der Waals surface area (Å²) in [6.07, 6.45) is 0. The largest absolute Gasteiger partial charge is 0.480 e. The molecule has 5 heteroatoms. The third-order valence-electron chi connectivity index (χ3n) is 5.45. The van der Waals surface area contributed by atoms with E-state index in [1.807, 2.05) is 91.0 Å². The summed E-state index contributed by atoms with van der Waals surface area (Å²) < 4.78 is 0. The van der Waals surface area contributed by atoms with Gasteiger partial charge in [0, 0.05) is 22.4 Å². The molecule has 0 heterocycles. The number of rotatable bonds is 8. The van der Waals surface area contributed by atoms with E-state index in [0.29, 0.717) is 16.8 Å². The van der Waals surface area contributed by atoms with Crippen molar-refractivity contribution in [3.63, 3.8) is 0 Å². The molecule has 0 aliphatic carbocycles. The van der Waals surface area contributed by atoms with Crippen LogP contribution in [0.2, 0.25) is 0 Å². The van der Waals surface area contributed by atoms with Gasteiger partial charge >= 0.3 is 5.97 Å². The van der Waals surface area contributed by atoms with E-state index >= 15 is 0 Å². The van der Waals surface area contributed by atoms with E-state index in [-0.39, 0.29) is 11.5 Å². The first kappa shape index (κ1) is 22.4. The van der Waals surface area contributed by atoms with Crippen molar-refractivity contribution in [2.75, 3.05) is 11.1 Å². The van der Waals surface area contributed by atoms with Gasteiger partial charge in [0.25, 0.3) is 0 Å². The molecule has 1 unspecified atom stereocenters. The number of ketones is 1. The Morgan fingerprint density at radius 3 is 1.82 bits per heavy atom. The SMILES string of the molecule is O=C(c1ccccc1-c1ccccc1)c1cccc(-c2ccccc2)c1NC(CS)C(=O)O. The molecule has 0 saturated carbocycles. The molecule has 33 heavy (non-hydrogen) atoms. The van der Waals surface area contributed by atoms with Gasteiger partial charge in [-0.2, -0.15) is 12.6 Å². The first-order valence-corrected chi connectivity index (χ1v) is 11.2. The zero-order valence-electron chi connectivity index (χ0n) is 17.8. The number of aliphatic carboxylic acids is 1. The molecule has 0 radical (unpaired) electrons. The van der Waals surface area contributed by atoms with E-state index in [2.05, 4.69) is 17.9 Å². The number of hydrogen-bond acceptors (Lipinski definition) is 4. The van der Waals surface area contributed by atoms with E-state index in [9.17, 15) is 14.7 Å². The Morgan fingerprint density at radius 2 is 1.21 bits per heavy atom. The van der Waals surface area contributed by atoms with E-state index < -0.39 is 12.0 Å². The van der Waals surface area contributed by atoms with Crippen LogP contribution in [0.15, 0.2) is 103 Å². The number of para-hydroxylation sites is 1. The maximum Gasteiger partial charge on any atom is 0.326 e. The van der Waals surface area contributed by atoms with E-state index in [1.165, 1.54) is 0 Å². The predicted molar refractivity (Wildman–Crippen MR) is 136 cm³/mol. The van der Waals surface area contributed by atoms with Gasteiger partial charge in [-0.1, -0.05) is 97.1 Å². The second-order valence-corrected chi connectivity index (χ2v) is 7.92. The topological polar surface area (TPSA) is 66.4 Å². The van der Waals surface area contributed by atoms with Crippen molar-refractivity contribution >= 4 is 30.1 Å². The number of carbonyl (C=O) groups excluding carboxylic acids is 1. The van der Waals surface area contributed by atoms with Crippen molar-refractivity contribution in [2.24, 2.45) is 0 Å². The molecular formula is C28H23NO3S. The van der Waals surface area contributed by atoms with Gasteiger partial charge < -0.3 is 10.4 Å². The molecule has 0 aliphatic rings. The van der Waals surface area contributed by atoms with Crippen molar-refractivity contribution in [2.45, 2.75) is 6.04 Å². The van der Waals surface area contributed by atoms with Crippen LogP contribution < -0.4 is 5.32 Å². The Hall–Kier alpha value is -3.83. The monoisotopic (exact) mass is 453 g/mol. The van der Waals surface area contributed by atoms with Gasteiger partial charge in [0.15, 0.2) is 5.78 Å². The highest BCUT2D eigenvalue weighted by Gasteiger charge is 2.24. The van der Waals surface area contributed by atoms with E-state index in [4.69, 9.17) is 0 Å². The second-order valence-electron chi connectivity index (χ2n) is 7.55. The van der Waals surface area contributed by atoms with Crippen LogP contribution in [0.4, 0.5) is 5.69 Å².